The first-order chi connectivity index (χ1) is 5.70. The van der Waals surface area contributed by atoms with Crippen LogP contribution in [-0.4, -0.2) is 14.4 Å². The molecular weight excluding hydrogens is 154 g/mol. The van der Waals surface area contributed by atoms with Crippen LogP contribution in [0.25, 0.3) is 5.52 Å². The van der Waals surface area contributed by atoms with E-state index in [1.165, 1.54) is 0 Å². The van der Waals surface area contributed by atoms with E-state index in [0.717, 1.165) is 5.82 Å². The number of nitrogens with zero attached hydrogens (tertiary/aromatic N) is 3. The molecule has 0 spiro atoms. The molecular formula is C7H9N5. The fourth-order valence-electron chi connectivity index (χ4n) is 1.24. The van der Waals surface area contributed by atoms with Gasteiger partial charge in [0.25, 0.3) is 0 Å². The Hall–Kier alpha value is -1.78. The van der Waals surface area contributed by atoms with E-state index in [-0.39, 0.29) is 0 Å². The van der Waals surface area contributed by atoms with E-state index in [2.05, 4.69) is 9.97 Å². The van der Waals surface area contributed by atoms with Gasteiger partial charge in [-0.15, -0.1) is 0 Å². The van der Waals surface area contributed by atoms with Crippen molar-refractivity contribution in [3.05, 3.63) is 18.2 Å². The molecule has 0 aliphatic carbocycles. The van der Waals surface area contributed by atoms with Gasteiger partial charge in [0.05, 0.1) is 0 Å². The van der Waals surface area contributed by atoms with Crippen molar-refractivity contribution in [1.82, 2.24) is 14.4 Å². The molecule has 0 amide bonds. The summed E-state index contributed by atoms with van der Waals surface area (Å²) in [4.78, 5) is 7.99. The van der Waals surface area contributed by atoms with Crippen molar-refractivity contribution < 1.29 is 0 Å². The van der Waals surface area contributed by atoms with Crippen LogP contribution in [-0.2, 0) is 0 Å². The summed E-state index contributed by atoms with van der Waals surface area (Å²) < 4.78 is 1.82. The molecule has 0 aromatic carbocycles. The molecule has 0 saturated carbocycles. The van der Waals surface area contributed by atoms with Gasteiger partial charge in [-0.05, 0) is 6.92 Å². The molecule has 0 radical (unpaired) electrons. The van der Waals surface area contributed by atoms with Crippen molar-refractivity contribution >= 4 is 17.2 Å². The van der Waals surface area contributed by atoms with Crippen LogP contribution in [0.5, 0.6) is 0 Å². The van der Waals surface area contributed by atoms with Crippen LogP contribution < -0.4 is 11.5 Å². The average Bonchev–Trinajstić information content (AvgIpc) is 2.29. The Bertz CT molecular complexity index is 431. The van der Waals surface area contributed by atoms with Gasteiger partial charge in [0, 0.05) is 12.4 Å². The topological polar surface area (TPSA) is 82.2 Å². The van der Waals surface area contributed by atoms with Gasteiger partial charge in [0.2, 0.25) is 0 Å². The fraction of sp³-hybridized carbons (Fsp3) is 0.143. The van der Waals surface area contributed by atoms with Gasteiger partial charge >= 0.3 is 0 Å². The molecule has 0 bridgehead atoms. The summed E-state index contributed by atoms with van der Waals surface area (Å²) in [5, 5.41) is 0. The second kappa shape index (κ2) is 2.10. The summed E-state index contributed by atoms with van der Waals surface area (Å²) in [6, 6.07) is 0. The summed E-state index contributed by atoms with van der Waals surface area (Å²) in [5.41, 5.74) is 11.9. The van der Waals surface area contributed by atoms with Crippen molar-refractivity contribution in [2.24, 2.45) is 0 Å². The summed E-state index contributed by atoms with van der Waals surface area (Å²) >= 11 is 0. The Morgan fingerprint density at radius 1 is 1.33 bits per heavy atom. The Morgan fingerprint density at radius 3 is 2.75 bits per heavy atom. The predicted octanol–water partition coefficient (Wildman–Crippen LogP) is 0.202. The average molecular weight is 163 g/mol. The van der Waals surface area contributed by atoms with E-state index in [0.29, 0.717) is 17.2 Å². The number of fused-ring (bicyclic) bond motifs is 1. The molecule has 0 aliphatic heterocycles. The lowest BCUT2D eigenvalue weighted by molar-refractivity contribution is 1.03. The number of hydrogen-bond donors (Lipinski definition) is 2. The van der Waals surface area contributed by atoms with E-state index >= 15 is 0 Å². The third-order valence-electron chi connectivity index (χ3n) is 1.79. The molecule has 0 fully saturated rings. The zero-order valence-electron chi connectivity index (χ0n) is 6.65. The van der Waals surface area contributed by atoms with Crippen molar-refractivity contribution in [1.29, 1.82) is 0 Å². The van der Waals surface area contributed by atoms with Crippen LogP contribution in [0, 0.1) is 6.92 Å². The van der Waals surface area contributed by atoms with Gasteiger partial charge in [-0.3, -0.25) is 4.40 Å². The third kappa shape index (κ3) is 0.730. The normalized spacial score (nSPS) is 10.8. The first kappa shape index (κ1) is 6.90. The zero-order chi connectivity index (χ0) is 8.72. The first-order valence-electron chi connectivity index (χ1n) is 3.55. The largest absolute Gasteiger partial charge is 0.382 e. The van der Waals surface area contributed by atoms with Crippen molar-refractivity contribution in [3.8, 4) is 0 Å². The number of hydrogen-bond acceptors (Lipinski definition) is 4. The van der Waals surface area contributed by atoms with Crippen LogP contribution in [0.1, 0.15) is 5.82 Å². The molecule has 0 saturated heterocycles. The van der Waals surface area contributed by atoms with Crippen LogP contribution in [0.3, 0.4) is 0 Å². The molecule has 5 heteroatoms. The Balaban J connectivity index is 2.99. The molecule has 4 N–H and O–H groups in total. The van der Waals surface area contributed by atoms with Gasteiger partial charge < -0.3 is 11.5 Å². The minimum Gasteiger partial charge on any atom is -0.382 e. The quantitative estimate of drug-likeness (QED) is 0.581. The third-order valence-corrected chi connectivity index (χ3v) is 1.79. The van der Waals surface area contributed by atoms with Gasteiger partial charge in [0.1, 0.15) is 11.3 Å². The van der Waals surface area contributed by atoms with Gasteiger partial charge in [-0.2, -0.15) is 0 Å². The summed E-state index contributed by atoms with van der Waals surface area (Å²) in [5.74, 6) is 1.66. The maximum atomic E-state index is 5.63. The minimum atomic E-state index is 0.413. The van der Waals surface area contributed by atoms with Crippen molar-refractivity contribution in [2.45, 2.75) is 6.92 Å². The molecule has 0 aliphatic rings. The summed E-state index contributed by atoms with van der Waals surface area (Å²) in [6.45, 7) is 1.86. The number of nitrogens with two attached hydrogens (primary N) is 2. The number of imidazole rings is 1. The predicted molar refractivity (Wildman–Crippen MR) is 46.5 cm³/mol. The van der Waals surface area contributed by atoms with Crippen molar-refractivity contribution in [3.63, 3.8) is 0 Å². The molecule has 2 heterocycles. The number of nitrogen functional groups attached to an aromatic ring is 2. The maximum absolute atomic E-state index is 5.63. The number of anilines is 2. The second-order valence-corrected chi connectivity index (χ2v) is 2.58. The smallest absolute Gasteiger partial charge is 0.153 e. The van der Waals surface area contributed by atoms with Gasteiger partial charge in [-0.25, -0.2) is 9.97 Å². The maximum Gasteiger partial charge on any atom is 0.153 e. The molecule has 2 aromatic heterocycles. The van der Waals surface area contributed by atoms with Gasteiger partial charge in [0.15, 0.2) is 11.6 Å². The van der Waals surface area contributed by atoms with Crippen LogP contribution >= 0.6 is 0 Å². The molecule has 0 unspecified atom stereocenters. The summed E-state index contributed by atoms with van der Waals surface area (Å²) in [7, 11) is 0. The highest BCUT2D eigenvalue weighted by Gasteiger charge is 2.07. The highest BCUT2D eigenvalue weighted by Crippen LogP contribution is 2.18. The van der Waals surface area contributed by atoms with E-state index < -0.39 is 0 Å². The van der Waals surface area contributed by atoms with E-state index in [9.17, 15) is 0 Å². The number of aromatic nitrogens is 3. The van der Waals surface area contributed by atoms with Gasteiger partial charge in [-0.1, -0.05) is 0 Å². The Labute approximate surface area is 69.0 Å². The molecule has 12 heavy (non-hydrogen) atoms. The van der Waals surface area contributed by atoms with Crippen LogP contribution in [0.2, 0.25) is 0 Å². The number of rotatable bonds is 0. The molecule has 5 nitrogen and oxygen atoms in total. The molecule has 2 aromatic rings. The Morgan fingerprint density at radius 2 is 2.08 bits per heavy atom. The highest BCUT2D eigenvalue weighted by atomic mass is 15.1. The van der Waals surface area contributed by atoms with E-state index in [1.807, 2.05) is 11.3 Å². The minimum absolute atomic E-state index is 0.413. The zero-order valence-corrected chi connectivity index (χ0v) is 6.65. The summed E-state index contributed by atoms with van der Waals surface area (Å²) in [6.07, 6.45) is 3.40. The molecule has 2 rings (SSSR count). The number of aryl methyl sites for hydroxylation is 1. The van der Waals surface area contributed by atoms with Crippen LogP contribution in [0.4, 0.5) is 11.6 Å². The lowest BCUT2D eigenvalue weighted by Gasteiger charge is -1.97. The monoisotopic (exact) mass is 163 g/mol. The van der Waals surface area contributed by atoms with Crippen LogP contribution in [0.15, 0.2) is 12.4 Å². The SMILES string of the molecule is Cc1nc(N)c2c(N)nccn12. The second-order valence-electron chi connectivity index (χ2n) is 2.58. The van der Waals surface area contributed by atoms with Crippen molar-refractivity contribution in [2.75, 3.05) is 11.5 Å². The lowest BCUT2D eigenvalue weighted by atomic mass is 10.5. The lowest BCUT2D eigenvalue weighted by Crippen LogP contribution is -1.97. The molecule has 62 valence electrons. The highest BCUT2D eigenvalue weighted by molar-refractivity contribution is 5.78. The van der Waals surface area contributed by atoms with E-state index in [4.69, 9.17) is 11.5 Å². The first-order valence-corrected chi connectivity index (χ1v) is 3.55. The van der Waals surface area contributed by atoms with E-state index in [1.54, 1.807) is 12.4 Å². The standard InChI is InChI=1S/C7H9N5/c1-4-11-7(9)5-6(8)10-2-3-12(4)5/h2-3H,9H2,1H3,(H2,8,10). The molecule has 0 atom stereocenters. The fourth-order valence-corrected chi connectivity index (χ4v) is 1.24. The Kier molecular flexibility index (Phi) is 1.21.